The average Bonchev–Trinajstić information content (AvgIpc) is 2.70. The molecule has 0 spiro atoms. The summed E-state index contributed by atoms with van der Waals surface area (Å²) in [5.41, 5.74) is 2.51. The summed E-state index contributed by atoms with van der Waals surface area (Å²) in [7, 11) is 4.13. The molecule has 1 aromatic rings. The van der Waals surface area contributed by atoms with E-state index in [9.17, 15) is 4.79 Å². The number of hydrogen-bond acceptors (Lipinski definition) is 3. The molecule has 3 nitrogen and oxygen atoms in total. The monoisotopic (exact) mass is 278 g/mol. The molecule has 0 saturated carbocycles. The van der Waals surface area contributed by atoms with Crippen LogP contribution in [0.15, 0.2) is 24.3 Å². The van der Waals surface area contributed by atoms with Gasteiger partial charge in [0.2, 0.25) is 5.91 Å². The molecule has 1 aliphatic rings. The van der Waals surface area contributed by atoms with E-state index in [0.29, 0.717) is 12.3 Å². The van der Waals surface area contributed by atoms with Crippen LogP contribution in [0.1, 0.15) is 17.5 Å². The Bertz CT molecular complexity index is 448. The summed E-state index contributed by atoms with van der Waals surface area (Å²) >= 11 is 4.29. The van der Waals surface area contributed by atoms with Gasteiger partial charge in [0.1, 0.15) is 0 Å². The van der Waals surface area contributed by atoms with Gasteiger partial charge < -0.3 is 9.80 Å². The lowest BCUT2D eigenvalue weighted by Gasteiger charge is -2.17. The first-order chi connectivity index (χ1) is 9.08. The molecule has 4 heteroatoms. The molecule has 0 bridgehead atoms. The lowest BCUT2D eigenvalue weighted by molar-refractivity contribution is -0.128. The third-order valence-electron chi connectivity index (χ3n) is 3.42. The molecule has 1 heterocycles. The number of thiol groups is 1. The number of carbonyl (C=O) groups is 1. The Morgan fingerprint density at radius 3 is 2.74 bits per heavy atom. The molecule has 1 aliphatic heterocycles. The van der Waals surface area contributed by atoms with Gasteiger partial charge in [-0.3, -0.25) is 4.79 Å². The van der Waals surface area contributed by atoms with E-state index in [2.05, 4.69) is 55.9 Å². The van der Waals surface area contributed by atoms with E-state index in [-0.39, 0.29) is 5.91 Å². The topological polar surface area (TPSA) is 23.6 Å². The summed E-state index contributed by atoms with van der Waals surface area (Å²) in [4.78, 5) is 16.0. The maximum absolute atomic E-state index is 11.9. The van der Waals surface area contributed by atoms with Crippen LogP contribution in [0, 0.1) is 5.92 Å². The van der Waals surface area contributed by atoms with Gasteiger partial charge in [-0.1, -0.05) is 24.3 Å². The van der Waals surface area contributed by atoms with Crippen LogP contribution in [0.2, 0.25) is 0 Å². The van der Waals surface area contributed by atoms with Crippen LogP contribution in [0.5, 0.6) is 0 Å². The van der Waals surface area contributed by atoms with E-state index in [4.69, 9.17) is 0 Å². The van der Waals surface area contributed by atoms with Gasteiger partial charge in [0.15, 0.2) is 0 Å². The Morgan fingerprint density at radius 2 is 2.11 bits per heavy atom. The molecule has 1 atom stereocenters. The lowest BCUT2D eigenvalue weighted by Crippen LogP contribution is -2.24. The van der Waals surface area contributed by atoms with Crippen LogP contribution in [-0.4, -0.2) is 42.1 Å². The zero-order chi connectivity index (χ0) is 13.8. The highest BCUT2D eigenvalue weighted by atomic mass is 32.1. The van der Waals surface area contributed by atoms with Crippen molar-refractivity contribution in [2.75, 3.05) is 26.4 Å². The first-order valence-corrected chi connectivity index (χ1v) is 7.33. The summed E-state index contributed by atoms with van der Waals surface area (Å²) in [5, 5.41) is 0. The number of rotatable bonds is 5. The molecule has 0 aliphatic carbocycles. The quantitative estimate of drug-likeness (QED) is 0.833. The van der Waals surface area contributed by atoms with Crippen molar-refractivity contribution in [2.24, 2.45) is 5.92 Å². The molecule has 0 aromatic heterocycles. The third-order valence-corrected chi connectivity index (χ3v) is 3.93. The van der Waals surface area contributed by atoms with Crippen LogP contribution in [0.4, 0.5) is 0 Å². The maximum atomic E-state index is 11.9. The molecule has 104 valence electrons. The zero-order valence-corrected chi connectivity index (χ0v) is 12.6. The second-order valence-electron chi connectivity index (χ2n) is 5.58. The van der Waals surface area contributed by atoms with Gasteiger partial charge in [-0.2, -0.15) is 12.6 Å². The third kappa shape index (κ3) is 3.98. The molecule has 1 fully saturated rings. The highest BCUT2D eigenvalue weighted by Gasteiger charge is 2.28. The second kappa shape index (κ2) is 6.44. The lowest BCUT2D eigenvalue weighted by atomic mass is 10.1. The van der Waals surface area contributed by atoms with E-state index >= 15 is 0 Å². The fourth-order valence-electron chi connectivity index (χ4n) is 2.54. The largest absolute Gasteiger partial charge is 0.338 e. The van der Waals surface area contributed by atoms with Crippen LogP contribution in [0.3, 0.4) is 0 Å². The highest BCUT2D eigenvalue weighted by Crippen LogP contribution is 2.21. The number of hydrogen-bond donors (Lipinski definition) is 1. The first kappa shape index (κ1) is 14.4. The number of likely N-dealkylation sites (tertiary alicyclic amines) is 1. The summed E-state index contributed by atoms with van der Waals surface area (Å²) in [5.74, 6) is 1.47. The number of carbonyl (C=O) groups excluding carboxylic acids is 1. The van der Waals surface area contributed by atoms with Crippen molar-refractivity contribution in [3.8, 4) is 0 Å². The fourth-order valence-corrected chi connectivity index (χ4v) is 2.79. The van der Waals surface area contributed by atoms with Crippen molar-refractivity contribution >= 4 is 18.5 Å². The molecule has 19 heavy (non-hydrogen) atoms. The van der Waals surface area contributed by atoms with Gasteiger partial charge >= 0.3 is 0 Å². The van der Waals surface area contributed by atoms with E-state index in [1.807, 2.05) is 4.90 Å². The molecular weight excluding hydrogens is 256 g/mol. The van der Waals surface area contributed by atoms with Gasteiger partial charge in [0.05, 0.1) is 0 Å². The Morgan fingerprint density at radius 1 is 1.37 bits per heavy atom. The molecule has 1 aromatic carbocycles. The van der Waals surface area contributed by atoms with Gasteiger partial charge in [-0.05, 0) is 36.9 Å². The van der Waals surface area contributed by atoms with Crippen molar-refractivity contribution < 1.29 is 4.79 Å². The molecule has 2 rings (SSSR count). The van der Waals surface area contributed by atoms with Crippen molar-refractivity contribution in [1.82, 2.24) is 9.80 Å². The standard InChI is InChI=1S/C15H22N2OS/c1-16(2)8-12-4-3-5-13(6-12)9-17-10-14(11-19)7-15(17)18/h3-6,14,19H,7-11H2,1-2H3. The predicted octanol–water partition coefficient (Wildman–Crippen LogP) is 2.03. The van der Waals surface area contributed by atoms with E-state index in [1.54, 1.807) is 0 Å². The fraction of sp³-hybridized carbons (Fsp3) is 0.533. The first-order valence-electron chi connectivity index (χ1n) is 6.69. The van der Waals surface area contributed by atoms with Gasteiger partial charge in [-0.15, -0.1) is 0 Å². The number of benzene rings is 1. The Kier molecular flexibility index (Phi) is 4.88. The van der Waals surface area contributed by atoms with Crippen LogP contribution in [-0.2, 0) is 17.9 Å². The summed E-state index contributed by atoms with van der Waals surface area (Å²) < 4.78 is 0. The molecule has 1 unspecified atom stereocenters. The minimum absolute atomic E-state index is 0.261. The van der Waals surface area contributed by atoms with Crippen molar-refractivity contribution in [3.63, 3.8) is 0 Å². The molecular formula is C15H22N2OS. The van der Waals surface area contributed by atoms with Crippen molar-refractivity contribution in [2.45, 2.75) is 19.5 Å². The zero-order valence-electron chi connectivity index (χ0n) is 11.7. The van der Waals surface area contributed by atoms with Gasteiger partial charge in [0, 0.05) is 26.1 Å². The van der Waals surface area contributed by atoms with Gasteiger partial charge in [0.25, 0.3) is 0 Å². The maximum Gasteiger partial charge on any atom is 0.223 e. The van der Waals surface area contributed by atoms with Crippen molar-refractivity contribution in [3.05, 3.63) is 35.4 Å². The Balaban J connectivity index is 2.01. The summed E-state index contributed by atoms with van der Waals surface area (Å²) in [6, 6.07) is 8.50. The van der Waals surface area contributed by atoms with Gasteiger partial charge in [-0.25, -0.2) is 0 Å². The van der Waals surface area contributed by atoms with Crippen molar-refractivity contribution in [1.29, 1.82) is 0 Å². The average molecular weight is 278 g/mol. The predicted molar refractivity (Wildman–Crippen MR) is 81.2 cm³/mol. The molecule has 0 N–H and O–H groups in total. The highest BCUT2D eigenvalue weighted by molar-refractivity contribution is 7.80. The Hall–Kier alpha value is -1.00. The van der Waals surface area contributed by atoms with Crippen LogP contribution in [0.25, 0.3) is 0 Å². The smallest absolute Gasteiger partial charge is 0.223 e. The van der Waals surface area contributed by atoms with Crippen LogP contribution < -0.4 is 0 Å². The number of amides is 1. The minimum atomic E-state index is 0.261. The summed E-state index contributed by atoms with van der Waals surface area (Å²) in [6.45, 7) is 2.51. The Labute approximate surface area is 121 Å². The molecule has 1 saturated heterocycles. The molecule has 1 amide bonds. The number of nitrogens with zero attached hydrogens (tertiary/aromatic N) is 2. The minimum Gasteiger partial charge on any atom is -0.338 e. The van der Waals surface area contributed by atoms with Crippen LogP contribution >= 0.6 is 12.6 Å². The van der Waals surface area contributed by atoms with E-state index in [0.717, 1.165) is 25.4 Å². The van der Waals surface area contributed by atoms with E-state index in [1.165, 1.54) is 11.1 Å². The second-order valence-corrected chi connectivity index (χ2v) is 5.95. The summed E-state index contributed by atoms with van der Waals surface area (Å²) in [6.07, 6.45) is 0.654. The SMILES string of the molecule is CN(C)Cc1cccc(CN2CC(CS)CC2=O)c1. The van der Waals surface area contributed by atoms with E-state index < -0.39 is 0 Å². The normalized spacial score (nSPS) is 19.5. The molecule has 0 radical (unpaired) electrons.